The normalized spacial score (nSPS) is 18.0. The molecule has 3 aromatic heterocycles. The molecule has 0 radical (unpaired) electrons. The molecule has 0 saturated carbocycles. The van der Waals surface area contributed by atoms with Crippen molar-refractivity contribution < 1.29 is 14.4 Å². The fourth-order valence-electron chi connectivity index (χ4n) is 5.96. The highest BCUT2D eigenvalue weighted by atomic mass is 32.1. The lowest BCUT2D eigenvalue weighted by Gasteiger charge is -2.34. The minimum atomic E-state index is -0.935. The van der Waals surface area contributed by atoms with E-state index in [0.29, 0.717) is 47.8 Å². The fraction of sp³-hybridized carbons (Fsp3) is 0.536. The van der Waals surface area contributed by atoms with E-state index >= 15 is 0 Å². The van der Waals surface area contributed by atoms with E-state index < -0.39 is 5.41 Å². The number of carbonyl (C=O) groups is 3. The van der Waals surface area contributed by atoms with Gasteiger partial charge in [0, 0.05) is 50.5 Å². The van der Waals surface area contributed by atoms with Gasteiger partial charge in [-0.25, -0.2) is 0 Å². The zero-order valence-electron chi connectivity index (χ0n) is 24.4. The quantitative estimate of drug-likeness (QED) is 0.394. The molecule has 0 bridgehead atoms. The molecule has 2 atom stereocenters. The van der Waals surface area contributed by atoms with Crippen LogP contribution in [0.3, 0.4) is 0 Å². The SMILES string of the molecule is C[C@@H](CC1(c2nn[nH]n2)c2cc(C(=O)N(C)C)sc2CCc2sc(C(=O)N(C)C)cc21)NCC(=O)N1CCC[C@H]1C#N. The van der Waals surface area contributed by atoms with Crippen LogP contribution in [-0.2, 0) is 23.1 Å². The number of amides is 3. The van der Waals surface area contributed by atoms with E-state index in [0.717, 1.165) is 27.3 Å². The first-order valence-corrected chi connectivity index (χ1v) is 15.6. The highest BCUT2D eigenvalue weighted by molar-refractivity contribution is 7.15. The lowest BCUT2D eigenvalue weighted by atomic mass is 9.70. The van der Waals surface area contributed by atoms with Gasteiger partial charge in [-0.1, -0.05) is 5.21 Å². The number of aryl methyl sites for hydroxylation is 2. The first-order valence-electron chi connectivity index (χ1n) is 13.9. The molecule has 222 valence electrons. The summed E-state index contributed by atoms with van der Waals surface area (Å²) in [7, 11) is 6.93. The number of fused-ring (bicyclic) bond motifs is 2. The Morgan fingerprint density at radius 1 is 1.12 bits per heavy atom. The summed E-state index contributed by atoms with van der Waals surface area (Å²) < 4.78 is 0. The number of rotatable bonds is 8. The van der Waals surface area contributed by atoms with E-state index in [2.05, 4.69) is 32.0 Å². The van der Waals surface area contributed by atoms with Crippen LogP contribution in [0.25, 0.3) is 0 Å². The van der Waals surface area contributed by atoms with Crippen LogP contribution in [0.4, 0.5) is 0 Å². The Balaban J connectivity index is 1.59. The van der Waals surface area contributed by atoms with Crippen LogP contribution in [0.15, 0.2) is 12.1 Å². The molecule has 5 rings (SSSR count). The monoisotopic (exact) mass is 609 g/mol. The molecule has 12 nitrogen and oxygen atoms in total. The van der Waals surface area contributed by atoms with E-state index in [4.69, 9.17) is 0 Å². The molecule has 3 aromatic rings. The maximum absolute atomic E-state index is 13.1. The first-order chi connectivity index (χ1) is 20.1. The Bertz CT molecular complexity index is 1450. The molecular formula is C28H35N9O3S2. The Morgan fingerprint density at radius 3 is 2.21 bits per heavy atom. The number of likely N-dealkylation sites (tertiary alicyclic amines) is 1. The molecular weight excluding hydrogens is 575 g/mol. The minimum absolute atomic E-state index is 0.0847. The highest BCUT2D eigenvalue weighted by Crippen LogP contribution is 2.50. The van der Waals surface area contributed by atoms with E-state index in [1.807, 2.05) is 19.1 Å². The maximum Gasteiger partial charge on any atom is 0.263 e. The molecule has 2 aliphatic rings. The summed E-state index contributed by atoms with van der Waals surface area (Å²) in [6.45, 7) is 2.67. The molecule has 4 heterocycles. The van der Waals surface area contributed by atoms with Crippen molar-refractivity contribution in [1.82, 2.24) is 40.6 Å². The van der Waals surface area contributed by atoms with Crippen molar-refractivity contribution in [3.8, 4) is 6.07 Å². The van der Waals surface area contributed by atoms with Crippen molar-refractivity contribution in [3.05, 3.63) is 48.6 Å². The van der Waals surface area contributed by atoms with Crippen LogP contribution in [0, 0.1) is 11.3 Å². The van der Waals surface area contributed by atoms with Gasteiger partial charge in [0.2, 0.25) is 5.91 Å². The number of aromatic amines is 1. The van der Waals surface area contributed by atoms with Crippen LogP contribution >= 0.6 is 22.7 Å². The topological polar surface area (TPSA) is 151 Å². The second-order valence-electron chi connectivity index (χ2n) is 11.3. The number of H-pyrrole nitrogens is 1. The van der Waals surface area contributed by atoms with Gasteiger partial charge in [-0.15, -0.1) is 32.9 Å². The molecule has 42 heavy (non-hydrogen) atoms. The molecule has 1 aliphatic carbocycles. The van der Waals surface area contributed by atoms with Crippen LogP contribution in [0.5, 0.6) is 0 Å². The molecule has 0 spiro atoms. The van der Waals surface area contributed by atoms with Crippen molar-refractivity contribution >= 4 is 40.4 Å². The van der Waals surface area contributed by atoms with Crippen molar-refractivity contribution in [2.75, 3.05) is 41.3 Å². The second-order valence-corrected chi connectivity index (χ2v) is 13.6. The Kier molecular flexibility index (Phi) is 8.45. The lowest BCUT2D eigenvalue weighted by molar-refractivity contribution is -0.130. The van der Waals surface area contributed by atoms with Gasteiger partial charge in [-0.2, -0.15) is 10.5 Å². The Labute approximate surface area is 252 Å². The molecule has 0 unspecified atom stereocenters. The predicted molar refractivity (Wildman–Crippen MR) is 159 cm³/mol. The highest BCUT2D eigenvalue weighted by Gasteiger charge is 2.48. The number of carbonyl (C=O) groups excluding carboxylic acids is 3. The van der Waals surface area contributed by atoms with Crippen LogP contribution in [-0.4, -0.2) is 106 Å². The fourth-order valence-corrected chi connectivity index (χ4v) is 8.48. The number of tetrazole rings is 1. The van der Waals surface area contributed by atoms with Crippen molar-refractivity contribution in [2.24, 2.45) is 0 Å². The molecule has 1 fully saturated rings. The van der Waals surface area contributed by atoms with Gasteiger partial charge in [-0.3, -0.25) is 14.4 Å². The summed E-state index contributed by atoms with van der Waals surface area (Å²) in [6.07, 6.45) is 3.37. The van der Waals surface area contributed by atoms with Crippen molar-refractivity contribution in [2.45, 2.75) is 56.5 Å². The number of hydrogen-bond acceptors (Lipinski definition) is 10. The Hall–Kier alpha value is -3.67. The Morgan fingerprint density at radius 2 is 1.71 bits per heavy atom. The number of hydrogen-bond donors (Lipinski definition) is 2. The average Bonchev–Trinajstić information content (AvgIpc) is 3.78. The number of nitrogens with one attached hydrogen (secondary N) is 2. The third-order valence-electron chi connectivity index (χ3n) is 8.01. The summed E-state index contributed by atoms with van der Waals surface area (Å²) in [5.41, 5.74) is 0.905. The van der Waals surface area contributed by atoms with E-state index in [9.17, 15) is 19.6 Å². The van der Waals surface area contributed by atoms with Gasteiger partial charge in [0.25, 0.3) is 11.8 Å². The van der Waals surface area contributed by atoms with Gasteiger partial charge in [0.1, 0.15) is 6.04 Å². The van der Waals surface area contributed by atoms with E-state index in [1.54, 1.807) is 42.9 Å². The maximum atomic E-state index is 13.1. The first kappa shape index (κ1) is 29.8. The largest absolute Gasteiger partial charge is 0.344 e. The zero-order chi connectivity index (χ0) is 30.2. The molecule has 1 aliphatic heterocycles. The predicted octanol–water partition coefficient (Wildman–Crippen LogP) is 2.04. The third kappa shape index (κ3) is 5.32. The van der Waals surface area contributed by atoms with Crippen molar-refractivity contribution in [1.29, 1.82) is 5.26 Å². The lowest BCUT2D eigenvalue weighted by Crippen LogP contribution is -2.45. The third-order valence-corrected chi connectivity index (χ3v) is 10.4. The molecule has 0 aromatic carbocycles. The zero-order valence-corrected chi connectivity index (χ0v) is 26.1. The molecule has 3 amide bonds. The smallest absolute Gasteiger partial charge is 0.263 e. The standard InChI is InChI=1S/C28H35N9O3S2/c1-16(30-15-24(38)37-10-6-7-17(37)14-29)13-28(27-31-33-34-32-27)18-11-22(25(39)35(2)3)41-20(18)8-9-21-19(28)12-23(42-21)26(40)36(4)5/h11-12,16-17,30H,6-10,13,15H2,1-5H3,(H,31,32,33,34)/t16-,17-/m0/s1. The number of thiophene rings is 2. The second kappa shape index (κ2) is 11.9. The van der Waals surface area contributed by atoms with Crippen LogP contribution < -0.4 is 5.32 Å². The van der Waals surface area contributed by atoms with Gasteiger partial charge in [-0.05, 0) is 62.3 Å². The van der Waals surface area contributed by atoms with E-state index in [-0.39, 0.29) is 36.3 Å². The summed E-state index contributed by atoms with van der Waals surface area (Å²) in [4.78, 5) is 47.4. The van der Waals surface area contributed by atoms with Crippen LogP contribution in [0.2, 0.25) is 0 Å². The number of nitriles is 1. The van der Waals surface area contributed by atoms with Gasteiger partial charge < -0.3 is 20.0 Å². The number of aromatic nitrogens is 4. The molecule has 14 heteroatoms. The summed E-state index contributed by atoms with van der Waals surface area (Å²) >= 11 is 2.96. The summed E-state index contributed by atoms with van der Waals surface area (Å²) in [5.74, 6) is 0.168. The van der Waals surface area contributed by atoms with Gasteiger partial charge in [0.15, 0.2) is 5.82 Å². The minimum Gasteiger partial charge on any atom is -0.344 e. The average molecular weight is 610 g/mol. The van der Waals surface area contributed by atoms with Gasteiger partial charge >= 0.3 is 0 Å². The summed E-state index contributed by atoms with van der Waals surface area (Å²) in [5, 5.41) is 28.4. The van der Waals surface area contributed by atoms with E-state index in [1.165, 1.54) is 22.7 Å². The summed E-state index contributed by atoms with van der Waals surface area (Å²) in [6, 6.07) is 5.52. The molecule has 1 saturated heterocycles. The van der Waals surface area contributed by atoms with Crippen molar-refractivity contribution in [3.63, 3.8) is 0 Å². The van der Waals surface area contributed by atoms with Gasteiger partial charge in [0.05, 0.1) is 27.8 Å². The number of nitrogens with zero attached hydrogens (tertiary/aromatic N) is 7. The molecule has 2 N–H and O–H groups in total. The van der Waals surface area contributed by atoms with Crippen LogP contribution in [0.1, 0.15) is 72.2 Å².